The highest BCUT2D eigenvalue weighted by atomic mass is 32.2. The number of amides is 1. The van der Waals surface area contributed by atoms with Crippen molar-refractivity contribution in [2.24, 2.45) is 5.92 Å². The molecule has 1 N–H and O–H groups in total. The predicted octanol–water partition coefficient (Wildman–Crippen LogP) is 4.32. The van der Waals surface area contributed by atoms with Gasteiger partial charge in [-0.1, -0.05) is 25.0 Å². The first-order valence-electron chi connectivity index (χ1n) is 12.3. The van der Waals surface area contributed by atoms with Crippen LogP contribution in [0.15, 0.2) is 47.4 Å². The van der Waals surface area contributed by atoms with Crippen LogP contribution in [-0.4, -0.2) is 41.3 Å². The molecule has 5 rings (SSSR count). The van der Waals surface area contributed by atoms with Gasteiger partial charge in [0.1, 0.15) is 11.6 Å². The molecule has 2 heterocycles. The van der Waals surface area contributed by atoms with Crippen LogP contribution in [0.1, 0.15) is 56.0 Å². The molecule has 186 valence electrons. The molecule has 0 atom stereocenters. The fraction of sp³-hybridized carbons (Fsp3) is 0.462. The van der Waals surface area contributed by atoms with Gasteiger partial charge in [-0.3, -0.25) is 4.79 Å². The predicted molar refractivity (Wildman–Crippen MR) is 132 cm³/mol. The van der Waals surface area contributed by atoms with Crippen molar-refractivity contribution in [2.45, 2.75) is 62.9 Å². The first-order chi connectivity index (χ1) is 16.8. The van der Waals surface area contributed by atoms with Gasteiger partial charge in [-0.15, -0.1) is 0 Å². The average molecular weight is 499 g/mol. The van der Waals surface area contributed by atoms with Crippen molar-refractivity contribution in [2.75, 3.05) is 13.1 Å². The third-order valence-corrected chi connectivity index (χ3v) is 9.26. The van der Waals surface area contributed by atoms with Crippen molar-refractivity contribution in [1.29, 1.82) is 0 Å². The van der Waals surface area contributed by atoms with Gasteiger partial charge in [0, 0.05) is 31.6 Å². The zero-order valence-electron chi connectivity index (χ0n) is 19.9. The standard InChI is InChI=1S/C26H31FN4O3S/c1-18-29-24-16-23(10-11-25(24)31(18)22-4-2-3-5-22)35(33,34)30-14-12-20(13-15-30)26(32)28-17-19-6-8-21(27)9-7-19/h6-11,16,20,22H,2-5,12-15,17H2,1H3,(H,28,32). The number of carbonyl (C=O) groups is 1. The number of rotatable bonds is 6. The van der Waals surface area contributed by atoms with E-state index in [1.54, 1.807) is 24.3 Å². The molecule has 2 aromatic carbocycles. The molecule has 2 fully saturated rings. The second-order valence-electron chi connectivity index (χ2n) is 9.64. The van der Waals surface area contributed by atoms with E-state index in [1.807, 2.05) is 13.0 Å². The number of aryl methyl sites for hydroxylation is 1. The average Bonchev–Trinajstić information content (AvgIpc) is 3.49. The Labute approximate surface area is 205 Å². The molecule has 35 heavy (non-hydrogen) atoms. The Morgan fingerprint density at radius 3 is 2.43 bits per heavy atom. The smallest absolute Gasteiger partial charge is 0.243 e. The van der Waals surface area contributed by atoms with E-state index < -0.39 is 10.0 Å². The van der Waals surface area contributed by atoms with Gasteiger partial charge in [-0.05, 0) is 68.5 Å². The van der Waals surface area contributed by atoms with Crippen molar-refractivity contribution in [1.82, 2.24) is 19.2 Å². The summed E-state index contributed by atoms with van der Waals surface area (Å²) in [6.45, 7) is 2.90. The maximum atomic E-state index is 13.4. The van der Waals surface area contributed by atoms with Crippen LogP contribution in [0.25, 0.3) is 11.0 Å². The van der Waals surface area contributed by atoms with E-state index in [2.05, 4.69) is 14.9 Å². The number of hydrogen-bond acceptors (Lipinski definition) is 4. The van der Waals surface area contributed by atoms with Crippen LogP contribution < -0.4 is 5.32 Å². The zero-order valence-corrected chi connectivity index (χ0v) is 20.7. The number of aromatic nitrogens is 2. The lowest BCUT2D eigenvalue weighted by atomic mass is 9.97. The molecule has 1 aliphatic heterocycles. The van der Waals surface area contributed by atoms with Gasteiger partial charge in [0.2, 0.25) is 15.9 Å². The van der Waals surface area contributed by atoms with Crippen molar-refractivity contribution < 1.29 is 17.6 Å². The van der Waals surface area contributed by atoms with Crippen molar-refractivity contribution in [3.63, 3.8) is 0 Å². The monoisotopic (exact) mass is 498 g/mol. The third kappa shape index (κ3) is 4.84. The normalized spacial score (nSPS) is 18.3. The molecule has 0 spiro atoms. The molecule has 1 saturated heterocycles. The first kappa shape index (κ1) is 23.9. The molecule has 1 saturated carbocycles. The molecule has 7 nitrogen and oxygen atoms in total. The van der Waals surface area contributed by atoms with Crippen molar-refractivity contribution in [3.05, 3.63) is 59.7 Å². The number of nitrogens with zero attached hydrogens (tertiary/aromatic N) is 3. The van der Waals surface area contributed by atoms with Gasteiger partial charge >= 0.3 is 0 Å². The SMILES string of the molecule is Cc1nc2cc(S(=O)(=O)N3CCC(C(=O)NCc4ccc(F)cc4)CC3)ccc2n1C1CCCC1. The Kier molecular flexibility index (Phi) is 6.63. The largest absolute Gasteiger partial charge is 0.352 e. The highest BCUT2D eigenvalue weighted by Crippen LogP contribution is 2.34. The van der Waals surface area contributed by atoms with Gasteiger partial charge in [0.05, 0.1) is 15.9 Å². The minimum Gasteiger partial charge on any atom is -0.352 e. The fourth-order valence-corrected chi connectivity index (χ4v) is 6.92. The number of nitrogens with one attached hydrogen (secondary N) is 1. The molecule has 2 aliphatic rings. The van der Waals surface area contributed by atoms with E-state index in [0.29, 0.717) is 44.0 Å². The number of carbonyl (C=O) groups excluding carboxylic acids is 1. The van der Waals surface area contributed by atoms with Crippen molar-refractivity contribution >= 4 is 27.0 Å². The third-order valence-electron chi connectivity index (χ3n) is 7.37. The number of benzene rings is 2. The van der Waals surface area contributed by atoms with Crippen LogP contribution in [0.3, 0.4) is 0 Å². The Morgan fingerprint density at radius 2 is 1.74 bits per heavy atom. The fourth-order valence-electron chi connectivity index (χ4n) is 5.43. The quantitative estimate of drug-likeness (QED) is 0.549. The minimum atomic E-state index is -3.67. The topological polar surface area (TPSA) is 84.3 Å². The molecular formula is C26H31FN4O3S. The summed E-state index contributed by atoms with van der Waals surface area (Å²) in [4.78, 5) is 17.5. The summed E-state index contributed by atoms with van der Waals surface area (Å²) in [6.07, 6.45) is 5.64. The maximum absolute atomic E-state index is 13.4. The number of piperidine rings is 1. The van der Waals surface area contributed by atoms with Gasteiger partial charge in [0.25, 0.3) is 0 Å². The van der Waals surface area contributed by atoms with Crippen LogP contribution in [0.5, 0.6) is 0 Å². The van der Waals surface area contributed by atoms with Gasteiger partial charge < -0.3 is 9.88 Å². The van der Waals surface area contributed by atoms with E-state index in [0.717, 1.165) is 29.7 Å². The molecule has 0 unspecified atom stereocenters. The molecule has 3 aromatic rings. The maximum Gasteiger partial charge on any atom is 0.243 e. The molecule has 0 bridgehead atoms. The lowest BCUT2D eigenvalue weighted by Gasteiger charge is -2.30. The second-order valence-corrected chi connectivity index (χ2v) is 11.6. The summed E-state index contributed by atoms with van der Waals surface area (Å²) >= 11 is 0. The van der Waals surface area contributed by atoms with E-state index in [-0.39, 0.29) is 22.5 Å². The Bertz CT molecular complexity index is 1320. The number of fused-ring (bicyclic) bond motifs is 1. The Morgan fingerprint density at radius 1 is 1.06 bits per heavy atom. The zero-order chi connectivity index (χ0) is 24.6. The van der Waals surface area contributed by atoms with Crippen LogP contribution in [0.4, 0.5) is 4.39 Å². The number of sulfonamides is 1. The van der Waals surface area contributed by atoms with E-state index in [4.69, 9.17) is 0 Å². The summed E-state index contributed by atoms with van der Waals surface area (Å²) in [5.74, 6) is 0.272. The first-order valence-corrected chi connectivity index (χ1v) is 13.8. The number of imidazole rings is 1. The Hall–Kier alpha value is -2.78. The van der Waals surface area contributed by atoms with Crippen molar-refractivity contribution in [3.8, 4) is 0 Å². The second kappa shape index (κ2) is 9.70. The minimum absolute atomic E-state index is 0.0966. The van der Waals surface area contributed by atoms with Crippen LogP contribution in [-0.2, 0) is 21.4 Å². The molecule has 0 radical (unpaired) electrons. The number of halogens is 1. The molecule has 1 aromatic heterocycles. The van der Waals surface area contributed by atoms with Gasteiger partial charge in [-0.2, -0.15) is 4.31 Å². The molecule has 9 heteroatoms. The van der Waals surface area contributed by atoms with Crippen LogP contribution in [0, 0.1) is 18.7 Å². The van der Waals surface area contributed by atoms with Crippen LogP contribution in [0.2, 0.25) is 0 Å². The summed E-state index contributed by atoms with van der Waals surface area (Å²) in [7, 11) is -3.67. The summed E-state index contributed by atoms with van der Waals surface area (Å²) in [6, 6.07) is 11.7. The number of hydrogen-bond donors (Lipinski definition) is 1. The summed E-state index contributed by atoms with van der Waals surface area (Å²) in [5.41, 5.74) is 2.52. The summed E-state index contributed by atoms with van der Waals surface area (Å²) < 4.78 is 43.5. The van der Waals surface area contributed by atoms with E-state index in [1.165, 1.54) is 29.3 Å². The van der Waals surface area contributed by atoms with Crippen LogP contribution >= 0.6 is 0 Å². The molecule has 1 amide bonds. The molecule has 1 aliphatic carbocycles. The Balaban J connectivity index is 1.23. The highest BCUT2D eigenvalue weighted by molar-refractivity contribution is 7.89. The van der Waals surface area contributed by atoms with E-state index in [9.17, 15) is 17.6 Å². The lowest BCUT2D eigenvalue weighted by Crippen LogP contribution is -2.42. The lowest BCUT2D eigenvalue weighted by molar-refractivity contribution is -0.126. The van der Waals surface area contributed by atoms with Gasteiger partial charge in [-0.25, -0.2) is 17.8 Å². The molecular weight excluding hydrogens is 467 g/mol. The van der Waals surface area contributed by atoms with Gasteiger partial charge in [0.15, 0.2) is 0 Å². The van der Waals surface area contributed by atoms with E-state index >= 15 is 0 Å². The summed E-state index contributed by atoms with van der Waals surface area (Å²) in [5, 5.41) is 2.88. The highest BCUT2D eigenvalue weighted by Gasteiger charge is 2.32.